The third kappa shape index (κ3) is 4.81. The second-order valence-electron chi connectivity index (χ2n) is 7.34. The zero-order valence-corrected chi connectivity index (χ0v) is 17.3. The Morgan fingerprint density at radius 2 is 1.50 bits per heavy atom. The van der Waals surface area contributed by atoms with E-state index in [1.807, 2.05) is 41.3 Å². The summed E-state index contributed by atoms with van der Waals surface area (Å²) >= 11 is 5.89. The Kier molecular flexibility index (Phi) is 6.31. The molecular weight excluding hydrogens is 401 g/mol. The minimum Gasteiger partial charge on any atom is -0.322 e. The molecule has 4 nitrogen and oxygen atoms in total. The molecule has 1 N–H and O–H groups in total. The molecule has 4 rings (SSSR count). The van der Waals surface area contributed by atoms with Crippen LogP contribution >= 0.6 is 11.6 Å². The molecule has 0 radical (unpaired) electrons. The lowest BCUT2D eigenvalue weighted by molar-refractivity contribution is 0.143. The number of hydrogen-bond donors (Lipinski definition) is 1. The van der Waals surface area contributed by atoms with Crippen molar-refractivity contribution < 1.29 is 9.18 Å². The maximum atomic E-state index is 14.3. The summed E-state index contributed by atoms with van der Waals surface area (Å²) in [6, 6.07) is 21.8. The average molecular weight is 424 g/mol. The largest absolute Gasteiger partial charge is 0.322 e. The van der Waals surface area contributed by atoms with Crippen LogP contribution in [0.3, 0.4) is 0 Å². The van der Waals surface area contributed by atoms with E-state index < -0.39 is 0 Å². The van der Waals surface area contributed by atoms with Crippen LogP contribution in [0, 0.1) is 5.82 Å². The Balaban J connectivity index is 1.37. The third-order valence-corrected chi connectivity index (χ3v) is 5.58. The second kappa shape index (κ2) is 9.28. The molecule has 0 saturated carbocycles. The highest BCUT2D eigenvalue weighted by Gasteiger charge is 2.22. The molecule has 0 aliphatic carbocycles. The van der Waals surface area contributed by atoms with E-state index in [-0.39, 0.29) is 11.8 Å². The van der Waals surface area contributed by atoms with E-state index in [1.165, 1.54) is 6.07 Å². The molecule has 6 heteroatoms. The zero-order valence-electron chi connectivity index (χ0n) is 16.5. The van der Waals surface area contributed by atoms with Crippen LogP contribution in [0.25, 0.3) is 11.1 Å². The molecule has 3 aromatic carbocycles. The number of rotatable bonds is 4. The number of nitrogens with zero attached hydrogens (tertiary/aromatic N) is 2. The Hall–Kier alpha value is -2.89. The van der Waals surface area contributed by atoms with Crippen molar-refractivity contribution in [1.29, 1.82) is 0 Å². The number of urea groups is 1. The summed E-state index contributed by atoms with van der Waals surface area (Å²) in [5.74, 6) is -0.214. The Labute approximate surface area is 180 Å². The molecular formula is C24H23ClFN3O. The van der Waals surface area contributed by atoms with Gasteiger partial charge in [0.2, 0.25) is 0 Å². The summed E-state index contributed by atoms with van der Waals surface area (Å²) < 4.78 is 14.3. The minimum atomic E-state index is -0.214. The SMILES string of the molecule is O=C(Nc1ccc(Cl)cc1)N1CCN(Cc2ccccc2-c2ccccc2F)CC1. The lowest BCUT2D eigenvalue weighted by atomic mass is 9.98. The van der Waals surface area contributed by atoms with Crippen LogP contribution in [0.4, 0.5) is 14.9 Å². The van der Waals surface area contributed by atoms with Gasteiger partial charge in [-0.05, 0) is 41.5 Å². The molecule has 1 heterocycles. The van der Waals surface area contributed by atoms with Crippen LogP contribution < -0.4 is 5.32 Å². The fourth-order valence-corrected chi connectivity index (χ4v) is 3.81. The van der Waals surface area contributed by atoms with Crippen molar-refractivity contribution >= 4 is 23.3 Å². The number of carbonyl (C=O) groups is 1. The molecule has 0 atom stereocenters. The van der Waals surface area contributed by atoms with E-state index in [1.54, 1.807) is 30.3 Å². The number of nitrogens with one attached hydrogen (secondary N) is 1. The highest BCUT2D eigenvalue weighted by molar-refractivity contribution is 6.30. The van der Waals surface area contributed by atoms with Crippen molar-refractivity contribution in [3.05, 3.63) is 89.2 Å². The van der Waals surface area contributed by atoms with Gasteiger partial charge in [-0.2, -0.15) is 0 Å². The first kappa shape index (κ1) is 20.4. The van der Waals surface area contributed by atoms with E-state index in [0.717, 1.165) is 36.4 Å². The van der Waals surface area contributed by atoms with Gasteiger partial charge in [0.25, 0.3) is 0 Å². The molecule has 0 spiro atoms. The number of amides is 2. The topological polar surface area (TPSA) is 35.6 Å². The van der Waals surface area contributed by atoms with E-state index in [2.05, 4.69) is 10.2 Å². The van der Waals surface area contributed by atoms with Crippen LogP contribution in [-0.2, 0) is 6.54 Å². The van der Waals surface area contributed by atoms with E-state index in [4.69, 9.17) is 11.6 Å². The standard InChI is InChI=1S/C24H23ClFN3O/c25-19-9-11-20(12-10-19)27-24(30)29-15-13-28(14-16-29)17-18-5-1-2-6-21(18)22-7-3-4-8-23(22)26/h1-12H,13-17H2,(H,27,30). The van der Waals surface area contributed by atoms with E-state index in [9.17, 15) is 9.18 Å². The van der Waals surface area contributed by atoms with Crippen molar-refractivity contribution in [2.24, 2.45) is 0 Å². The van der Waals surface area contributed by atoms with E-state index in [0.29, 0.717) is 23.7 Å². The first-order valence-corrected chi connectivity index (χ1v) is 10.3. The van der Waals surface area contributed by atoms with Gasteiger partial charge in [0.1, 0.15) is 5.82 Å². The van der Waals surface area contributed by atoms with Gasteiger partial charge in [-0.1, -0.05) is 54.1 Å². The molecule has 154 valence electrons. The van der Waals surface area contributed by atoms with Gasteiger partial charge in [-0.15, -0.1) is 0 Å². The lowest BCUT2D eigenvalue weighted by Crippen LogP contribution is -2.49. The second-order valence-corrected chi connectivity index (χ2v) is 7.77. The summed E-state index contributed by atoms with van der Waals surface area (Å²) in [6.07, 6.45) is 0. The zero-order chi connectivity index (χ0) is 20.9. The van der Waals surface area contributed by atoms with Crippen molar-refractivity contribution in [2.45, 2.75) is 6.54 Å². The van der Waals surface area contributed by atoms with Gasteiger partial charge in [0, 0.05) is 49.0 Å². The normalized spacial score (nSPS) is 14.5. The number of carbonyl (C=O) groups excluding carboxylic acids is 1. The first-order chi connectivity index (χ1) is 14.6. The van der Waals surface area contributed by atoms with Crippen LogP contribution in [0.1, 0.15) is 5.56 Å². The lowest BCUT2D eigenvalue weighted by Gasteiger charge is -2.35. The fraction of sp³-hybridized carbons (Fsp3) is 0.208. The molecule has 0 unspecified atom stereocenters. The Morgan fingerprint density at radius 1 is 0.867 bits per heavy atom. The minimum absolute atomic E-state index is 0.108. The quantitative estimate of drug-likeness (QED) is 0.601. The van der Waals surface area contributed by atoms with Gasteiger partial charge in [0.05, 0.1) is 0 Å². The summed E-state index contributed by atoms with van der Waals surface area (Å²) in [4.78, 5) is 16.6. The van der Waals surface area contributed by atoms with Crippen molar-refractivity contribution in [3.63, 3.8) is 0 Å². The van der Waals surface area contributed by atoms with Crippen LogP contribution in [-0.4, -0.2) is 42.0 Å². The maximum Gasteiger partial charge on any atom is 0.321 e. The van der Waals surface area contributed by atoms with Crippen LogP contribution in [0.2, 0.25) is 5.02 Å². The Bertz CT molecular complexity index is 1020. The highest BCUT2D eigenvalue weighted by atomic mass is 35.5. The highest BCUT2D eigenvalue weighted by Crippen LogP contribution is 2.27. The summed E-state index contributed by atoms with van der Waals surface area (Å²) in [5.41, 5.74) is 3.35. The molecule has 0 bridgehead atoms. The number of halogens is 2. The number of benzene rings is 3. The van der Waals surface area contributed by atoms with Crippen molar-refractivity contribution in [1.82, 2.24) is 9.80 Å². The van der Waals surface area contributed by atoms with Crippen molar-refractivity contribution in [2.75, 3.05) is 31.5 Å². The molecule has 3 aromatic rings. The van der Waals surface area contributed by atoms with Gasteiger partial charge in [0.15, 0.2) is 0 Å². The molecule has 30 heavy (non-hydrogen) atoms. The number of piperazine rings is 1. The van der Waals surface area contributed by atoms with Crippen LogP contribution in [0.15, 0.2) is 72.8 Å². The maximum absolute atomic E-state index is 14.3. The summed E-state index contributed by atoms with van der Waals surface area (Å²) in [6.45, 7) is 3.53. The molecule has 2 amide bonds. The van der Waals surface area contributed by atoms with Gasteiger partial charge >= 0.3 is 6.03 Å². The van der Waals surface area contributed by atoms with E-state index >= 15 is 0 Å². The van der Waals surface area contributed by atoms with Gasteiger partial charge in [-0.25, -0.2) is 9.18 Å². The predicted molar refractivity (Wildman–Crippen MR) is 119 cm³/mol. The van der Waals surface area contributed by atoms with Crippen LogP contribution in [0.5, 0.6) is 0 Å². The summed E-state index contributed by atoms with van der Waals surface area (Å²) in [5, 5.41) is 3.54. The number of hydrogen-bond acceptors (Lipinski definition) is 2. The van der Waals surface area contributed by atoms with Gasteiger partial charge < -0.3 is 10.2 Å². The molecule has 1 saturated heterocycles. The average Bonchev–Trinajstić information content (AvgIpc) is 2.77. The third-order valence-electron chi connectivity index (χ3n) is 5.33. The molecule has 1 aliphatic rings. The smallest absolute Gasteiger partial charge is 0.321 e. The van der Waals surface area contributed by atoms with Gasteiger partial charge in [-0.3, -0.25) is 4.90 Å². The predicted octanol–water partition coefficient (Wildman–Crippen LogP) is 5.50. The number of anilines is 1. The first-order valence-electron chi connectivity index (χ1n) is 9.97. The molecule has 1 fully saturated rings. The van der Waals surface area contributed by atoms with Crippen molar-refractivity contribution in [3.8, 4) is 11.1 Å². The molecule has 0 aromatic heterocycles. The fourth-order valence-electron chi connectivity index (χ4n) is 3.69. The summed E-state index contributed by atoms with van der Waals surface area (Å²) in [7, 11) is 0. The monoisotopic (exact) mass is 423 g/mol. The Morgan fingerprint density at radius 3 is 2.20 bits per heavy atom. The molecule has 1 aliphatic heterocycles.